The Balaban J connectivity index is 1.35. The van der Waals surface area contributed by atoms with Crippen LogP contribution in [-0.4, -0.2) is 18.4 Å². The maximum Gasteiger partial charge on any atom is 0.291 e. The Morgan fingerprint density at radius 2 is 1.90 bits per heavy atom. The van der Waals surface area contributed by atoms with Crippen molar-refractivity contribution in [2.24, 2.45) is 0 Å². The third-order valence-corrected chi connectivity index (χ3v) is 4.62. The zero-order chi connectivity index (χ0) is 21.3. The SMILES string of the molecule is Cc1cc(Cl)ccc1OCCCC(=O)NCc1ccc(NC(=O)c2ccco2)cc1. The van der Waals surface area contributed by atoms with Gasteiger partial charge < -0.3 is 19.8 Å². The van der Waals surface area contributed by atoms with Crippen molar-refractivity contribution in [1.82, 2.24) is 5.32 Å². The van der Waals surface area contributed by atoms with Crippen molar-refractivity contribution < 1.29 is 18.7 Å². The smallest absolute Gasteiger partial charge is 0.291 e. The lowest BCUT2D eigenvalue weighted by molar-refractivity contribution is -0.121. The first kappa shape index (κ1) is 21.5. The second-order valence-electron chi connectivity index (χ2n) is 6.77. The summed E-state index contributed by atoms with van der Waals surface area (Å²) in [6.07, 6.45) is 2.45. The first-order valence-corrected chi connectivity index (χ1v) is 9.98. The normalized spacial score (nSPS) is 10.5. The molecular weight excluding hydrogens is 404 g/mol. The molecule has 0 aliphatic rings. The van der Waals surface area contributed by atoms with E-state index in [9.17, 15) is 9.59 Å². The topological polar surface area (TPSA) is 80.6 Å². The van der Waals surface area contributed by atoms with Gasteiger partial charge in [0.2, 0.25) is 5.91 Å². The summed E-state index contributed by atoms with van der Waals surface area (Å²) in [5.41, 5.74) is 2.56. The molecule has 156 valence electrons. The minimum atomic E-state index is -0.308. The number of benzene rings is 2. The van der Waals surface area contributed by atoms with Gasteiger partial charge in [0, 0.05) is 23.7 Å². The third kappa shape index (κ3) is 6.39. The van der Waals surface area contributed by atoms with E-state index >= 15 is 0 Å². The van der Waals surface area contributed by atoms with E-state index in [2.05, 4.69) is 10.6 Å². The minimum Gasteiger partial charge on any atom is -0.493 e. The Labute approximate surface area is 180 Å². The van der Waals surface area contributed by atoms with Crippen molar-refractivity contribution >= 4 is 29.1 Å². The molecule has 1 aromatic heterocycles. The lowest BCUT2D eigenvalue weighted by Gasteiger charge is -2.10. The molecule has 0 atom stereocenters. The number of ether oxygens (including phenoxy) is 1. The van der Waals surface area contributed by atoms with Crippen LogP contribution in [0.2, 0.25) is 5.02 Å². The van der Waals surface area contributed by atoms with Crippen LogP contribution in [0.5, 0.6) is 5.75 Å². The molecule has 0 aliphatic heterocycles. The minimum absolute atomic E-state index is 0.0402. The monoisotopic (exact) mass is 426 g/mol. The van der Waals surface area contributed by atoms with Crippen LogP contribution in [0.15, 0.2) is 65.3 Å². The highest BCUT2D eigenvalue weighted by molar-refractivity contribution is 6.30. The number of amides is 2. The van der Waals surface area contributed by atoms with Gasteiger partial charge in [-0.05, 0) is 66.9 Å². The van der Waals surface area contributed by atoms with Crippen molar-refractivity contribution in [2.75, 3.05) is 11.9 Å². The summed E-state index contributed by atoms with van der Waals surface area (Å²) in [6.45, 7) is 2.81. The van der Waals surface area contributed by atoms with Gasteiger partial charge >= 0.3 is 0 Å². The van der Waals surface area contributed by atoms with Crippen molar-refractivity contribution in [3.63, 3.8) is 0 Å². The zero-order valence-electron chi connectivity index (χ0n) is 16.6. The summed E-state index contributed by atoms with van der Waals surface area (Å²) in [5, 5.41) is 6.31. The van der Waals surface area contributed by atoms with Crippen LogP contribution < -0.4 is 15.4 Å². The molecule has 0 aliphatic carbocycles. The molecule has 3 aromatic rings. The number of aryl methyl sites for hydroxylation is 1. The Morgan fingerprint density at radius 3 is 2.60 bits per heavy atom. The van der Waals surface area contributed by atoms with Crippen molar-refractivity contribution in [3.05, 3.63) is 82.8 Å². The average Bonchev–Trinajstić information content (AvgIpc) is 3.27. The molecule has 0 unspecified atom stereocenters. The van der Waals surface area contributed by atoms with Gasteiger partial charge in [-0.2, -0.15) is 0 Å². The van der Waals surface area contributed by atoms with Crippen LogP contribution in [0.3, 0.4) is 0 Å². The number of anilines is 1. The van der Waals surface area contributed by atoms with Gasteiger partial charge in [0.15, 0.2) is 5.76 Å². The summed E-state index contributed by atoms with van der Waals surface area (Å²) in [5.74, 6) is 0.680. The van der Waals surface area contributed by atoms with Gasteiger partial charge in [-0.3, -0.25) is 9.59 Å². The fourth-order valence-electron chi connectivity index (χ4n) is 2.79. The molecule has 0 saturated heterocycles. The lowest BCUT2D eigenvalue weighted by atomic mass is 10.2. The second kappa shape index (κ2) is 10.5. The molecule has 2 amide bonds. The van der Waals surface area contributed by atoms with Gasteiger partial charge in [0.05, 0.1) is 12.9 Å². The van der Waals surface area contributed by atoms with Crippen LogP contribution in [0.4, 0.5) is 5.69 Å². The first-order valence-electron chi connectivity index (χ1n) is 9.61. The van der Waals surface area contributed by atoms with Crippen LogP contribution in [0.25, 0.3) is 0 Å². The van der Waals surface area contributed by atoms with E-state index in [1.165, 1.54) is 6.26 Å². The molecule has 1 heterocycles. The molecule has 30 heavy (non-hydrogen) atoms. The maximum atomic E-state index is 12.0. The molecule has 0 fully saturated rings. The number of rotatable bonds is 9. The molecule has 0 radical (unpaired) electrons. The summed E-state index contributed by atoms with van der Waals surface area (Å²) in [6, 6.07) is 16.0. The number of carbonyl (C=O) groups excluding carboxylic acids is 2. The van der Waals surface area contributed by atoms with Crippen molar-refractivity contribution in [3.8, 4) is 5.75 Å². The highest BCUT2D eigenvalue weighted by atomic mass is 35.5. The van der Waals surface area contributed by atoms with E-state index in [1.807, 2.05) is 31.2 Å². The van der Waals surface area contributed by atoms with Crippen LogP contribution in [0.1, 0.15) is 34.5 Å². The fraction of sp³-hybridized carbons (Fsp3) is 0.217. The van der Waals surface area contributed by atoms with E-state index in [0.29, 0.717) is 36.7 Å². The predicted octanol–water partition coefficient (Wildman–Crippen LogP) is 4.97. The Morgan fingerprint density at radius 1 is 1.10 bits per heavy atom. The van der Waals surface area contributed by atoms with E-state index in [1.54, 1.807) is 30.3 Å². The average molecular weight is 427 g/mol. The van der Waals surface area contributed by atoms with Crippen LogP contribution >= 0.6 is 11.6 Å². The summed E-state index contributed by atoms with van der Waals surface area (Å²) in [4.78, 5) is 24.0. The highest BCUT2D eigenvalue weighted by Crippen LogP contribution is 2.22. The van der Waals surface area contributed by atoms with E-state index in [4.69, 9.17) is 20.8 Å². The van der Waals surface area contributed by atoms with Crippen molar-refractivity contribution in [1.29, 1.82) is 0 Å². The first-order chi connectivity index (χ1) is 14.5. The van der Waals surface area contributed by atoms with Gasteiger partial charge in [0.25, 0.3) is 5.91 Å². The molecule has 6 nitrogen and oxygen atoms in total. The lowest BCUT2D eigenvalue weighted by Crippen LogP contribution is -2.23. The molecular formula is C23H23ClN2O4. The molecule has 3 rings (SSSR count). The van der Waals surface area contributed by atoms with E-state index < -0.39 is 0 Å². The van der Waals surface area contributed by atoms with Crippen LogP contribution in [-0.2, 0) is 11.3 Å². The molecule has 0 saturated carbocycles. The second-order valence-corrected chi connectivity index (χ2v) is 7.20. The third-order valence-electron chi connectivity index (χ3n) is 4.39. The van der Waals surface area contributed by atoms with Gasteiger partial charge in [-0.25, -0.2) is 0 Å². The van der Waals surface area contributed by atoms with Crippen LogP contribution in [0, 0.1) is 6.92 Å². The Kier molecular flexibility index (Phi) is 7.51. The number of furan rings is 1. The number of nitrogens with one attached hydrogen (secondary N) is 2. The Hall–Kier alpha value is -3.25. The molecule has 0 spiro atoms. The van der Waals surface area contributed by atoms with Gasteiger partial charge in [-0.1, -0.05) is 23.7 Å². The molecule has 7 heteroatoms. The highest BCUT2D eigenvalue weighted by Gasteiger charge is 2.08. The number of hydrogen-bond acceptors (Lipinski definition) is 4. The van der Waals surface area contributed by atoms with Gasteiger partial charge in [0.1, 0.15) is 5.75 Å². The van der Waals surface area contributed by atoms with Gasteiger partial charge in [-0.15, -0.1) is 0 Å². The maximum absolute atomic E-state index is 12.0. The largest absolute Gasteiger partial charge is 0.493 e. The molecule has 2 aromatic carbocycles. The van der Waals surface area contributed by atoms with Crippen molar-refractivity contribution in [2.45, 2.75) is 26.3 Å². The summed E-state index contributed by atoms with van der Waals surface area (Å²) < 4.78 is 10.8. The number of hydrogen-bond donors (Lipinski definition) is 2. The van der Waals surface area contributed by atoms with E-state index in [-0.39, 0.29) is 17.6 Å². The molecule has 2 N–H and O–H groups in total. The van der Waals surface area contributed by atoms with E-state index in [0.717, 1.165) is 16.9 Å². The number of halogens is 1. The Bertz CT molecular complexity index is 985. The number of carbonyl (C=O) groups is 2. The summed E-state index contributed by atoms with van der Waals surface area (Å²) in [7, 11) is 0. The zero-order valence-corrected chi connectivity index (χ0v) is 17.4. The molecule has 0 bridgehead atoms. The standard InChI is InChI=1S/C23H23ClN2O4/c1-16-14-18(24)8-11-20(16)29-13-3-5-22(27)25-15-17-6-9-19(10-7-17)26-23(28)21-4-2-12-30-21/h2,4,6-12,14H,3,5,13,15H2,1H3,(H,25,27)(H,26,28). The quantitative estimate of drug-likeness (QED) is 0.473. The predicted molar refractivity (Wildman–Crippen MR) is 116 cm³/mol. The fourth-order valence-corrected chi connectivity index (χ4v) is 3.01. The summed E-state index contributed by atoms with van der Waals surface area (Å²) >= 11 is 5.93.